The molecule has 0 aliphatic heterocycles. The van der Waals surface area contributed by atoms with Crippen LogP contribution in [0.1, 0.15) is 11.1 Å². The third-order valence-corrected chi connectivity index (χ3v) is 2.23. The maximum atomic E-state index is 10.0. The molecule has 0 bridgehead atoms. The second kappa shape index (κ2) is 5.18. The summed E-state index contributed by atoms with van der Waals surface area (Å²) in [4.78, 5) is 3.90. The standard InChI is InChI=1S/C12H20N2O2/c1-13(2)7-9-5-11(15)6-10(12(9)16)8-14(3)4/h5-6,15-16H,7-8H2,1-4H3. The maximum Gasteiger partial charge on any atom is 0.124 e. The Kier molecular flexibility index (Phi) is 4.15. The van der Waals surface area contributed by atoms with Crippen molar-refractivity contribution in [1.29, 1.82) is 0 Å². The lowest BCUT2D eigenvalue weighted by molar-refractivity contribution is 0.364. The molecule has 0 saturated heterocycles. The van der Waals surface area contributed by atoms with Gasteiger partial charge >= 0.3 is 0 Å². The molecule has 0 amide bonds. The lowest BCUT2D eigenvalue weighted by Crippen LogP contribution is -2.13. The predicted molar refractivity (Wildman–Crippen MR) is 64.6 cm³/mol. The van der Waals surface area contributed by atoms with E-state index in [4.69, 9.17) is 0 Å². The van der Waals surface area contributed by atoms with Gasteiger partial charge in [0.1, 0.15) is 11.5 Å². The summed E-state index contributed by atoms with van der Waals surface area (Å²) >= 11 is 0. The fourth-order valence-electron chi connectivity index (χ4n) is 1.66. The summed E-state index contributed by atoms with van der Waals surface area (Å²) in [6.07, 6.45) is 0. The third-order valence-electron chi connectivity index (χ3n) is 2.23. The van der Waals surface area contributed by atoms with Gasteiger partial charge < -0.3 is 20.0 Å². The van der Waals surface area contributed by atoms with Crippen LogP contribution in [0.3, 0.4) is 0 Å². The van der Waals surface area contributed by atoms with Gasteiger partial charge in [0.15, 0.2) is 0 Å². The number of phenols is 2. The lowest BCUT2D eigenvalue weighted by atomic mass is 10.1. The first-order valence-electron chi connectivity index (χ1n) is 5.23. The number of benzene rings is 1. The second-order valence-electron chi connectivity index (χ2n) is 4.59. The predicted octanol–water partition coefficient (Wildman–Crippen LogP) is 1.22. The summed E-state index contributed by atoms with van der Waals surface area (Å²) in [5.74, 6) is 0.478. The molecule has 4 nitrogen and oxygen atoms in total. The molecule has 0 atom stereocenters. The van der Waals surface area contributed by atoms with Crippen molar-refractivity contribution >= 4 is 0 Å². The molecule has 2 N–H and O–H groups in total. The van der Waals surface area contributed by atoms with Crippen LogP contribution in [0.25, 0.3) is 0 Å². The Balaban J connectivity index is 3.05. The highest BCUT2D eigenvalue weighted by atomic mass is 16.3. The van der Waals surface area contributed by atoms with Gasteiger partial charge in [0, 0.05) is 24.2 Å². The Morgan fingerprint density at radius 2 is 1.25 bits per heavy atom. The molecule has 0 aliphatic carbocycles. The highest BCUT2D eigenvalue weighted by Gasteiger charge is 2.11. The first-order valence-corrected chi connectivity index (χ1v) is 5.23. The number of nitrogens with zero attached hydrogens (tertiary/aromatic N) is 2. The van der Waals surface area contributed by atoms with Gasteiger partial charge in [-0.2, -0.15) is 0 Å². The van der Waals surface area contributed by atoms with E-state index in [0.717, 1.165) is 11.1 Å². The summed E-state index contributed by atoms with van der Waals surface area (Å²) < 4.78 is 0. The molecule has 0 aromatic heterocycles. The largest absolute Gasteiger partial charge is 0.508 e. The van der Waals surface area contributed by atoms with Gasteiger partial charge in [-0.1, -0.05) is 0 Å². The third kappa shape index (κ3) is 3.40. The van der Waals surface area contributed by atoms with Crippen molar-refractivity contribution in [3.05, 3.63) is 23.3 Å². The van der Waals surface area contributed by atoms with Crippen LogP contribution in [-0.2, 0) is 13.1 Å². The van der Waals surface area contributed by atoms with Crippen molar-refractivity contribution in [2.24, 2.45) is 0 Å². The summed E-state index contributed by atoms with van der Waals surface area (Å²) in [6, 6.07) is 3.21. The van der Waals surface area contributed by atoms with Gasteiger partial charge in [-0.3, -0.25) is 0 Å². The number of aromatic hydroxyl groups is 2. The quantitative estimate of drug-likeness (QED) is 0.755. The van der Waals surface area contributed by atoms with Crippen LogP contribution in [0, 0.1) is 0 Å². The molecule has 16 heavy (non-hydrogen) atoms. The van der Waals surface area contributed by atoms with E-state index in [1.54, 1.807) is 12.1 Å². The van der Waals surface area contributed by atoms with Crippen LogP contribution in [0.5, 0.6) is 11.5 Å². The van der Waals surface area contributed by atoms with Crippen molar-refractivity contribution in [2.45, 2.75) is 13.1 Å². The van der Waals surface area contributed by atoms with E-state index >= 15 is 0 Å². The molecule has 0 unspecified atom stereocenters. The molecule has 0 fully saturated rings. The van der Waals surface area contributed by atoms with Crippen LogP contribution in [0.4, 0.5) is 0 Å². The molecular formula is C12H20N2O2. The van der Waals surface area contributed by atoms with E-state index in [9.17, 15) is 10.2 Å². The molecule has 0 radical (unpaired) electrons. The number of hydrogen-bond acceptors (Lipinski definition) is 4. The molecule has 1 aromatic carbocycles. The van der Waals surface area contributed by atoms with Gasteiger partial charge in [-0.25, -0.2) is 0 Å². The molecule has 90 valence electrons. The van der Waals surface area contributed by atoms with Gasteiger partial charge in [0.25, 0.3) is 0 Å². The van der Waals surface area contributed by atoms with Gasteiger partial charge in [-0.15, -0.1) is 0 Å². The Morgan fingerprint density at radius 3 is 1.56 bits per heavy atom. The van der Waals surface area contributed by atoms with E-state index in [-0.39, 0.29) is 11.5 Å². The van der Waals surface area contributed by atoms with E-state index < -0.39 is 0 Å². The Hall–Kier alpha value is -1.26. The molecule has 0 heterocycles. The molecule has 0 spiro atoms. The minimum Gasteiger partial charge on any atom is -0.508 e. The Labute approximate surface area is 96.7 Å². The molecule has 0 saturated carbocycles. The van der Waals surface area contributed by atoms with Gasteiger partial charge in [0.2, 0.25) is 0 Å². The van der Waals surface area contributed by atoms with Crippen molar-refractivity contribution in [1.82, 2.24) is 9.80 Å². The monoisotopic (exact) mass is 224 g/mol. The summed E-state index contributed by atoms with van der Waals surface area (Å²) in [6.45, 7) is 1.22. The first-order chi connectivity index (χ1) is 7.40. The number of rotatable bonds is 4. The fourth-order valence-corrected chi connectivity index (χ4v) is 1.66. The van der Waals surface area contributed by atoms with E-state index in [0.29, 0.717) is 13.1 Å². The Bertz CT molecular complexity index is 331. The zero-order chi connectivity index (χ0) is 12.3. The average molecular weight is 224 g/mol. The second-order valence-corrected chi connectivity index (χ2v) is 4.59. The van der Waals surface area contributed by atoms with Gasteiger partial charge in [-0.05, 0) is 40.3 Å². The van der Waals surface area contributed by atoms with Crippen LogP contribution in [0.2, 0.25) is 0 Å². The zero-order valence-corrected chi connectivity index (χ0v) is 10.4. The SMILES string of the molecule is CN(C)Cc1cc(O)cc(CN(C)C)c1O. The molecular weight excluding hydrogens is 204 g/mol. The Morgan fingerprint density at radius 1 is 0.875 bits per heavy atom. The van der Waals surface area contributed by atoms with Crippen LogP contribution in [0.15, 0.2) is 12.1 Å². The average Bonchev–Trinajstić information content (AvgIpc) is 2.11. The van der Waals surface area contributed by atoms with Crippen molar-refractivity contribution in [3.8, 4) is 11.5 Å². The molecule has 1 aromatic rings. The van der Waals surface area contributed by atoms with E-state index in [1.807, 2.05) is 38.0 Å². The minimum atomic E-state index is 0.200. The van der Waals surface area contributed by atoms with Crippen LogP contribution < -0.4 is 0 Å². The molecule has 0 aliphatic rings. The van der Waals surface area contributed by atoms with Crippen molar-refractivity contribution in [3.63, 3.8) is 0 Å². The fraction of sp³-hybridized carbons (Fsp3) is 0.500. The summed E-state index contributed by atoms with van der Waals surface area (Å²) in [7, 11) is 7.70. The van der Waals surface area contributed by atoms with Crippen molar-refractivity contribution in [2.75, 3.05) is 28.2 Å². The minimum absolute atomic E-state index is 0.200. The van der Waals surface area contributed by atoms with E-state index in [1.165, 1.54) is 0 Å². The van der Waals surface area contributed by atoms with Crippen LogP contribution >= 0.6 is 0 Å². The zero-order valence-electron chi connectivity index (χ0n) is 10.4. The lowest BCUT2D eigenvalue weighted by Gasteiger charge is -2.16. The first kappa shape index (κ1) is 12.8. The van der Waals surface area contributed by atoms with E-state index in [2.05, 4.69) is 0 Å². The van der Waals surface area contributed by atoms with Gasteiger partial charge in [0.05, 0.1) is 0 Å². The number of phenolic OH excluding ortho intramolecular Hbond substituents is 2. The highest BCUT2D eigenvalue weighted by molar-refractivity contribution is 5.45. The molecule has 4 heteroatoms. The summed E-state index contributed by atoms with van der Waals surface area (Å²) in [5.41, 5.74) is 1.50. The maximum absolute atomic E-state index is 10.0. The summed E-state index contributed by atoms with van der Waals surface area (Å²) in [5, 5.41) is 19.6. The van der Waals surface area contributed by atoms with Crippen molar-refractivity contribution < 1.29 is 10.2 Å². The highest BCUT2D eigenvalue weighted by Crippen LogP contribution is 2.29. The number of hydrogen-bond donors (Lipinski definition) is 2. The normalized spacial score (nSPS) is 11.4. The molecule has 1 rings (SSSR count). The smallest absolute Gasteiger partial charge is 0.124 e. The topological polar surface area (TPSA) is 46.9 Å². The van der Waals surface area contributed by atoms with Crippen LogP contribution in [-0.4, -0.2) is 48.2 Å².